The molecule has 0 fully saturated rings. The van der Waals surface area contributed by atoms with Crippen LogP contribution in [0.25, 0.3) is 10.8 Å². The zero-order chi connectivity index (χ0) is 15.5. The molecule has 2 N–H and O–H groups in total. The minimum absolute atomic E-state index is 0.156. The van der Waals surface area contributed by atoms with Crippen LogP contribution in [0.3, 0.4) is 0 Å². The summed E-state index contributed by atoms with van der Waals surface area (Å²) in [5, 5.41) is 15.0. The predicted octanol–water partition coefficient (Wildman–Crippen LogP) is 3.88. The molecule has 0 spiro atoms. The molecule has 0 radical (unpaired) electrons. The molecule has 2 aromatic rings. The number of hydrogen-bond acceptors (Lipinski definition) is 2. The van der Waals surface area contributed by atoms with Crippen molar-refractivity contribution in [3.8, 4) is 0 Å². The zero-order valence-electron chi connectivity index (χ0n) is 12.3. The van der Waals surface area contributed by atoms with E-state index in [9.17, 15) is 9.90 Å². The van der Waals surface area contributed by atoms with Crippen molar-refractivity contribution in [3.05, 3.63) is 46.4 Å². The van der Waals surface area contributed by atoms with Crippen LogP contribution in [-0.2, 0) is 0 Å². The van der Waals surface area contributed by atoms with Crippen molar-refractivity contribution < 1.29 is 9.90 Å². The van der Waals surface area contributed by atoms with Crippen molar-refractivity contribution >= 4 is 32.6 Å². The molecule has 4 heteroatoms. The lowest BCUT2D eigenvalue weighted by Gasteiger charge is -2.22. The average Bonchev–Trinajstić information content (AvgIpc) is 2.44. The van der Waals surface area contributed by atoms with Gasteiger partial charge >= 0.3 is 0 Å². The third-order valence-corrected chi connectivity index (χ3v) is 3.98. The third-order valence-electron chi connectivity index (χ3n) is 3.48. The quantitative estimate of drug-likeness (QED) is 0.860. The van der Waals surface area contributed by atoms with Gasteiger partial charge in [-0.25, -0.2) is 0 Å². The highest BCUT2D eigenvalue weighted by Gasteiger charge is 2.20. The van der Waals surface area contributed by atoms with Crippen LogP contribution >= 0.6 is 15.9 Å². The summed E-state index contributed by atoms with van der Waals surface area (Å²) < 4.78 is 1.02. The Morgan fingerprint density at radius 2 is 1.90 bits per heavy atom. The molecule has 1 atom stereocenters. The molecule has 0 aliphatic carbocycles. The molecule has 1 unspecified atom stereocenters. The minimum Gasteiger partial charge on any atom is -0.388 e. The molecule has 0 saturated heterocycles. The molecule has 1 amide bonds. The van der Waals surface area contributed by atoms with Crippen LogP contribution in [-0.4, -0.2) is 23.2 Å². The van der Waals surface area contributed by atoms with Gasteiger partial charge in [-0.1, -0.05) is 41.4 Å². The highest BCUT2D eigenvalue weighted by atomic mass is 79.9. The number of hydrogen-bond donors (Lipinski definition) is 2. The highest BCUT2D eigenvalue weighted by molar-refractivity contribution is 9.10. The number of fused-ring (bicyclic) bond motifs is 1. The molecule has 0 bridgehead atoms. The van der Waals surface area contributed by atoms with Gasteiger partial charge in [0, 0.05) is 16.6 Å². The molecule has 0 aromatic heterocycles. The largest absolute Gasteiger partial charge is 0.388 e. The van der Waals surface area contributed by atoms with E-state index in [1.165, 1.54) is 0 Å². The van der Waals surface area contributed by atoms with Crippen LogP contribution in [0, 0.1) is 0 Å². The van der Waals surface area contributed by atoms with Crippen LogP contribution in [0.15, 0.2) is 40.9 Å². The maximum atomic E-state index is 12.2. The van der Waals surface area contributed by atoms with Crippen molar-refractivity contribution in [3.63, 3.8) is 0 Å². The summed E-state index contributed by atoms with van der Waals surface area (Å²) in [6.07, 6.45) is 1.55. The molecule has 2 aromatic carbocycles. The third kappa shape index (κ3) is 4.29. The van der Waals surface area contributed by atoms with Crippen molar-refractivity contribution in [2.24, 2.45) is 0 Å². The first-order valence-electron chi connectivity index (χ1n) is 7.11. The van der Waals surface area contributed by atoms with Crippen molar-refractivity contribution in [2.45, 2.75) is 32.3 Å². The lowest BCUT2D eigenvalue weighted by atomic mass is 10.0. The standard InChI is InChI=1S/C17H20BrNO2/c1-3-8-17(2,21)11-19-16(20)14-5-4-13-10-15(18)7-6-12(13)9-14/h4-7,9-10,21H,3,8,11H2,1-2H3,(H,19,20). The number of amides is 1. The van der Waals surface area contributed by atoms with Crippen LogP contribution in [0.4, 0.5) is 0 Å². The summed E-state index contributed by atoms with van der Waals surface area (Å²) in [6, 6.07) is 11.5. The number of rotatable bonds is 5. The van der Waals surface area contributed by atoms with Gasteiger partial charge in [0.05, 0.1) is 5.60 Å². The Hall–Kier alpha value is -1.39. The normalized spacial score (nSPS) is 13.9. The number of halogens is 1. The molecule has 2 rings (SSSR count). The lowest BCUT2D eigenvalue weighted by molar-refractivity contribution is 0.0469. The van der Waals surface area contributed by atoms with E-state index in [0.717, 1.165) is 21.7 Å². The number of benzene rings is 2. The van der Waals surface area contributed by atoms with E-state index >= 15 is 0 Å². The summed E-state index contributed by atoms with van der Waals surface area (Å²) in [4.78, 5) is 12.2. The fourth-order valence-electron chi connectivity index (χ4n) is 2.36. The van der Waals surface area contributed by atoms with E-state index in [1.54, 1.807) is 13.0 Å². The number of nitrogens with one attached hydrogen (secondary N) is 1. The Labute approximate surface area is 133 Å². The van der Waals surface area contributed by atoms with E-state index in [1.807, 2.05) is 37.3 Å². The van der Waals surface area contributed by atoms with Crippen molar-refractivity contribution in [1.82, 2.24) is 5.32 Å². The summed E-state index contributed by atoms with van der Waals surface area (Å²) in [6.45, 7) is 4.02. The second kappa shape index (κ2) is 6.58. The van der Waals surface area contributed by atoms with Crippen molar-refractivity contribution in [2.75, 3.05) is 6.54 Å². The summed E-state index contributed by atoms with van der Waals surface area (Å²) in [5.41, 5.74) is -0.247. The van der Waals surface area contributed by atoms with Crippen LogP contribution < -0.4 is 5.32 Å². The summed E-state index contributed by atoms with van der Waals surface area (Å²) in [7, 11) is 0. The molecular formula is C17H20BrNO2. The Balaban J connectivity index is 2.11. The Morgan fingerprint density at radius 3 is 2.62 bits per heavy atom. The molecule has 21 heavy (non-hydrogen) atoms. The molecule has 0 aliphatic rings. The second-order valence-corrected chi connectivity index (χ2v) is 6.55. The van der Waals surface area contributed by atoms with Gasteiger partial charge < -0.3 is 10.4 Å². The first-order chi connectivity index (χ1) is 9.91. The van der Waals surface area contributed by atoms with Gasteiger partial charge in [0.2, 0.25) is 0 Å². The van der Waals surface area contributed by atoms with E-state index in [4.69, 9.17) is 0 Å². The maximum Gasteiger partial charge on any atom is 0.251 e. The lowest BCUT2D eigenvalue weighted by Crippen LogP contribution is -2.40. The number of aliphatic hydroxyl groups is 1. The second-order valence-electron chi connectivity index (χ2n) is 5.64. The number of carbonyl (C=O) groups is 1. The Morgan fingerprint density at radius 1 is 1.24 bits per heavy atom. The van der Waals surface area contributed by atoms with Gasteiger partial charge in [0.15, 0.2) is 0 Å². The van der Waals surface area contributed by atoms with E-state index in [2.05, 4.69) is 21.2 Å². The zero-order valence-corrected chi connectivity index (χ0v) is 13.9. The molecule has 0 aliphatic heterocycles. The monoisotopic (exact) mass is 349 g/mol. The molecular weight excluding hydrogens is 330 g/mol. The number of carbonyl (C=O) groups excluding carboxylic acids is 1. The predicted molar refractivity (Wildman–Crippen MR) is 89.5 cm³/mol. The average molecular weight is 350 g/mol. The Bertz CT molecular complexity index is 652. The molecule has 112 valence electrons. The van der Waals surface area contributed by atoms with Crippen molar-refractivity contribution in [1.29, 1.82) is 0 Å². The first-order valence-corrected chi connectivity index (χ1v) is 7.90. The van der Waals surface area contributed by atoms with Gasteiger partial charge in [-0.05, 0) is 48.4 Å². The van der Waals surface area contributed by atoms with E-state index in [-0.39, 0.29) is 12.5 Å². The summed E-state index contributed by atoms with van der Waals surface area (Å²) >= 11 is 3.43. The van der Waals surface area contributed by atoms with Crippen LogP contribution in [0.5, 0.6) is 0 Å². The van der Waals surface area contributed by atoms with Gasteiger partial charge in [0.25, 0.3) is 5.91 Å². The van der Waals surface area contributed by atoms with Gasteiger partial charge in [-0.3, -0.25) is 4.79 Å². The fourth-order valence-corrected chi connectivity index (χ4v) is 2.74. The topological polar surface area (TPSA) is 49.3 Å². The highest BCUT2D eigenvalue weighted by Crippen LogP contribution is 2.21. The van der Waals surface area contributed by atoms with Gasteiger partial charge in [-0.2, -0.15) is 0 Å². The van der Waals surface area contributed by atoms with Crippen LogP contribution in [0.2, 0.25) is 0 Å². The van der Waals surface area contributed by atoms with E-state index < -0.39 is 5.60 Å². The maximum absolute atomic E-state index is 12.2. The minimum atomic E-state index is -0.855. The Kier molecular flexibility index (Phi) is 5.01. The molecule has 0 heterocycles. The first kappa shape index (κ1) is 16.0. The fraction of sp³-hybridized carbons (Fsp3) is 0.353. The van der Waals surface area contributed by atoms with E-state index in [0.29, 0.717) is 12.0 Å². The van der Waals surface area contributed by atoms with Gasteiger partial charge in [0.1, 0.15) is 0 Å². The van der Waals surface area contributed by atoms with Crippen LogP contribution in [0.1, 0.15) is 37.0 Å². The molecule has 0 saturated carbocycles. The summed E-state index contributed by atoms with van der Waals surface area (Å²) in [5.74, 6) is -0.156. The molecule has 3 nitrogen and oxygen atoms in total. The van der Waals surface area contributed by atoms with Gasteiger partial charge in [-0.15, -0.1) is 0 Å². The SMILES string of the molecule is CCCC(C)(O)CNC(=O)c1ccc2cc(Br)ccc2c1. The smallest absolute Gasteiger partial charge is 0.251 e.